The molecule has 11 unspecified atom stereocenters. The summed E-state index contributed by atoms with van der Waals surface area (Å²) >= 11 is 0. The molecular formula is C41H65FN8O4. The van der Waals surface area contributed by atoms with E-state index in [4.69, 9.17) is 9.47 Å². The van der Waals surface area contributed by atoms with Gasteiger partial charge < -0.3 is 39.8 Å². The fourth-order valence-corrected chi connectivity index (χ4v) is 11.3. The maximum Gasteiger partial charge on any atom is 0.256 e. The third-order valence-electron chi connectivity index (χ3n) is 13.9. The SMILES string of the molecule is CN(C)CCCCNC(=O)C1=CN2C3CC4OC5CCCCC5C4CC3OC3C(N4CC[C@@H](NCCCNCCCn5ccnc5)C4)C(F)CC(C1=O)C32. The summed E-state index contributed by atoms with van der Waals surface area (Å²) in [6, 6.07) is -0.374. The average Bonchev–Trinajstić information content (AvgIpc) is 3.93. The van der Waals surface area contributed by atoms with Crippen molar-refractivity contribution in [2.45, 2.75) is 138 Å². The smallest absolute Gasteiger partial charge is 0.256 e. The molecule has 12 nitrogen and oxygen atoms in total. The van der Waals surface area contributed by atoms with Crippen LogP contribution in [-0.4, -0.2) is 151 Å². The van der Waals surface area contributed by atoms with Crippen molar-refractivity contribution in [3.63, 3.8) is 0 Å². The minimum atomic E-state index is -1.20. The molecule has 1 aromatic rings. The predicted molar refractivity (Wildman–Crippen MR) is 204 cm³/mol. The van der Waals surface area contributed by atoms with Crippen LogP contribution in [0.15, 0.2) is 30.5 Å². The number of morpholine rings is 1. The Bertz CT molecular complexity index is 1450. The van der Waals surface area contributed by atoms with Crippen molar-refractivity contribution < 1.29 is 23.5 Å². The number of carbonyl (C=O) groups is 2. The van der Waals surface area contributed by atoms with E-state index < -0.39 is 24.2 Å². The number of hydrogen-bond acceptors (Lipinski definition) is 10. The van der Waals surface area contributed by atoms with E-state index in [0.717, 1.165) is 97.2 Å². The number of hydrogen-bond donors (Lipinski definition) is 3. The molecule has 300 valence electrons. The molecule has 54 heavy (non-hydrogen) atoms. The van der Waals surface area contributed by atoms with Gasteiger partial charge in [0, 0.05) is 56.7 Å². The molecule has 3 N–H and O–H groups in total. The largest absolute Gasteiger partial charge is 0.374 e. The number of ether oxygens (including phenoxy) is 2. The molecule has 13 heteroatoms. The number of nitrogens with one attached hydrogen (secondary N) is 3. The van der Waals surface area contributed by atoms with Crippen molar-refractivity contribution in [2.24, 2.45) is 17.8 Å². The van der Waals surface area contributed by atoms with Gasteiger partial charge in [0.1, 0.15) is 6.17 Å². The van der Waals surface area contributed by atoms with Crippen LogP contribution in [0.25, 0.3) is 0 Å². The molecule has 3 aliphatic carbocycles. The summed E-state index contributed by atoms with van der Waals surface area (Å²) in [5.41, 5.74) is 0.190. The standard InChI is InChI=1S/C41H65FN8O4/c1-47(2)17-6-5-14-46-41(52)31-25-50-33-23-35-29(28-9-3-4-10-34(28)53-35)22-36(33)54-40-37(50)30(39(31)51)21-32(42)38(40)49-19-11-27(24-49)45-15-7-12-43-13-8-18-48-20-16-44-26-48/h16,20,25-30,32-38,40,43,45H,3-15,17-19,21-24H2,1-2H3,(H,46,52)/t27-,28?,29?,30?,32?,33?,34?,35?,36?,37?,38?,40?/m1/s1. The fraction of sp³-hybridized carbons (Fsp3) is 0.829. The van der Waals surface area contributed by atoms with Crippen LogP contribution in [0.1, 0.15) is 77.0 Å². The lowest BCUT2D eigenvalue weighted by Gasteiger charge is -2.61. The molecule has 12 atom stereocenters. The first-order valence-corrected chi connectivity index (χ1v) is 21.4. The topological polar surface area (TPSA) is 116 Å². The molecule has 5 heterocycles. The number of nitrogens with zero attached hydrogens (tertiary/aromatic N) is 5. The Morgan fingerprint density at radius 1 is 0.944 bits per heavy atom. The van der Waals surface area contributed by atoms with E-state index in [1.54, 1.807) is 0 Å². The van der Waals surface area contributed by atoms with Crippen molar-refractivity contribution >= 4 is 11.7 Å². The summed E-state index contributed by atoms with van der Waals surface area (Å²) in [4.78, 5) is 38.7. The van der Waals surface area contributed by atoms with Gasteiger partial charge >= 0.3 is 0 Å². The van der Waals surface area contributed by atoms with Crippen molar-refractivity contribution in [1.82, 2.24) is 40.2 Å². The highest BCUT2D eigenvalue weighted by Crippen LogP contribution is 2.53. The van der Waals surface area contributed by atoms with Crippen LogP contribution < -0.4 is 16.0 Å². The van der Waals surface area contributed by atoms with Crippen molar-refractivity contribution in [3.05, 3.63) is 30.5 Å². The number of aryl methyl sites for hydroxylation is 1. The Hall–Kier alpha value is -2.42. The van der Waals surface area contributed by atoms with Crippen LogP contribution in [0.3, 0.4) is 0 Å². The first kappa shape index (κ1) is 38.5. The number of amides is 1. The zero-order valence-electron chi connectivity index (χ0n) is 32.6. The molecule has 0 aromatic carbocycles. The summed E-state index contributed by atoms with van der Waals surface area (Å²) in [7, 11) is 4.09. The quantitative estimate of drug-likeness (QED) is 0.172. The van der Waals surface area contributed by atoms with Gasteiger partial charge in [0.2, 0.25) is 0 Å². The Kier molecular flexibility index (Phi) is 12.4. The number of rotatable bonds is 16. The van der Waals surface area contributed by atoms with Gasteiger partial charge in [-0.05, 0) is 116 Å². The molecule has 0 bridgehead atoms. The monoisotopic (exact) mass is 753 g/mol. The highest BCUT2D eigenvalue weighted by Gasteiger charge is 2.62. The molecule has 8 rings (SSSR count). The highest BCUT2D eigenvalue weighted by atomic mass is 19.1. The van der Waals surface area contributed by atoms with E-state index in [9.17, 15) is 9.59 Å². The molecule has 1 aromatic heterocycles. The molecule has 1 amide bonds. The maximum absolute atomic E-state index is 16.8. The Morgan fingerprint density at radius 3 is 2.67 bits per heavy atom. The van der Waals surface area contributed by atoms with Gasteiger partial charge in [-0.15, -0.1) is 0 Å². The number of aromatic nitrogens is 2. The average molecular weight is 753 g/mol. The normalized spacial score (nSPS) is 37.4. The van der Waals surface area contributed by atoms with Gasteiger partial charge in [-0.3, -0.25) is 14.5 Å². The van der Waals surface area contributed by atoms with E-state index in [2.05, 4.69) is 40.2 Å². The van der Waals surface area contributed by atoms with E-state index in [1.807, 2.05) is 39.0 Å². The van der Waals surface area contributed by atoms with Crippen LogP contribution in [-0.2, 0) is 25.6 Å². The number of halogens is 1. The van der Waals surface area contributed by atoms with E-state index in [1.165, 1.54) is 19.3 Å². The van der Waals surface area contributed by atoms with Gasteiger partial charge in [0.15, 0.2) is 5.78 Å². The van der Waals surface area contributed by atoms with Gasteiger partial charge in [-0.25, -0.2) is 9.37 Å². The van der Waals surface area contributed by atoms with Crippen molar-refractivity contribution in [1.29, 1.82) is 0 Å². The van der Waals surface area contributed by atoms with Crippen LogP contribution in [0.2, 0.25) is 0 Å². The number of Topliss-reactive ketones (excluding diaryl/α,β-unsaturated/α-hetero) is 1. The zero-order valence-corrected chi connectivity index (χ0v) is 32.6. The Labute approximate surface area is 321 Å². The van der Waals surface area contributed by atoms with Crippen molar-refractivity contribution in [2.75, 3.05) is 59.9 Å². The molecule has 3 saturated carbocycles. The van der Waals surface area contributed by atoms with Crippen LogP contribution in [0.4, 0.5) is 4.39 Å². The van der Waals surface area contributed by atoms with E-state index in [0.29, 0.717) is 30.5 Å². The number of imidazole rings is 1. The van der Waals surface area contributed by atoms with Crippen LogP contribution >= 0.6 is 0 Å². The van der Waals surface area contributed by atoms with Gasteiger partial charge in [-0.2, -0.15) is 0 Å². The summed E-state index contributed by atoms with van der Waals surface area (Å²) in [6.07, 6.45) is 17.9. The second-order valence-electron chi connectivity index (χ2n) is 17.7. The Morgan fingerprint density at radius 2 is 1.81 bits per heavy atom. The third-order valence-corrected chi connectivity index (χ3v) is 13.9. The third kappa shape index (κ3) is 8.18. The number of ketones is 1. The van der Waals surface area contributed by atoms with E-state index >= 15 is 4.39 Å². The van der Waals surface area contributed by atoms with E-state index in [-0.39, 0.29) is 48.0 Å². The molecule has 0 spiro atoms. The first-order valence-electron chi connectivity index (χ1n) is 21.4. The fourth-order valence-electron chi connectivity index (χ4n) is 11.3. The predicted octanol–water partition coefficient (Wildman–Crippen LogP) is 2.74. The number of likely N-dealkylation sites (tertiary alicyclic amines) is 1. The lowest BCUT2D eigenvalue weighted by atomic mass is 9.67. The summed E-state index contributed by atoms with van der Waals surface area (Å²) in [5, 5.41) is 10.3. The van der Waals surface area contributed by atoms with Crippen LogP contribution in [0, 0.1) is 17.8 Å². The number of fused-ring (bicyclic) bond motifs is 5. The second kappa shape index (κ2) is 17.4. The minimum Gasteiger partial charge on any atom is -0.374 e. The molecular weight excluding hydrogens is 688 g/mol. The summed E-state index contributed by atoms with van der Waals surface area (Å²) < 4.78 is 32.8. The Balaban J connectivity index is 0.930. The molecule has 0 radical (unpaired) electrons. The van der Waals surface area contributed by atoms with Gasteiger partial charge in [0.25, 0.3) is 5.91 Å². The summed E-state index contributed by atoms with van der Waals surface area (Å²) in [5.74, 6) is -0.113. The number of alkyl halides is 1. The molecule has 3 saturated heterocycles. The lowest BCUT2D eigenvalue weighted by molar-refractivity contribution is -0.220. The molecule has 7 aliphatic rings. The number of carbonyl (C=O) groups excluding carboxylic acids is 2. The van der Waals surface area contributed by atoms with Crippen LogP contribution in [0.5, 0.6) is 0 Å². The first-order chi connectivity index (χ1) is 26.4. The molecule has 6 fully saturated rings. The van der Waals surface area contributed by atoms with Crippen molar-refractivity contribution in [3.8, 4) is 0 Å². The maximum atomic E-state index is 16.8. The van der Waals surface area contributed by atoms with Gasteiger partial charge in [-0.1, -0.05) is 12.8 Å². The second-order valence-corrected chi connectivity index (χ2v) is 17.7. The van der Waals surface area contributed by atoms with Gasteiger partial charge in [0.05, 0.1) is 54.4 Å². The molecule has 4 aliphatic heterocycles. The summed E-state index contributed by atoms with van der Waals surface area (Å²) in [6.45, 7) is 6.90. The number of unbranched alkanes of at least 4 members (excludes halogenated alkanes) is 1. The lowest BCUT2D eigenvalue weighted by Crippen LogP contribution is -2.73. The minimum absolute atomic E-state index is 0.00968. The highest BCUT2D eigenvalue weighted by molar-refractivity contribution is 6.20. The zero-order chi connectivity index (χ0) is 37.2.